The third-order valence-electron chi connectivity index (χ3n) is 5.07. The number of nitrogens with zero attached hydrogens (tertiary/aromatic N) is 4. The number of hydrogen-bond acceptors (Lipinski definition) is 7. The molecule has 4 amide bonds. The second-order valence-electron chi connectivity index (χ2n) is 7.50. The number of aromatic nitrogens is 1. The Kier molecular flexibility index (Phi) is 7.05. The third kappa shape index (κ3) is 5.85. The molecule has 0 aliphatic carbocycles. The highest BCUT2D eigenvalue weighted by molar-refractivity contribution is 8.00. The number of anilines is 1. The second-order valence-corrected chi connectivity index (χ2v) is 8.64. The molecule has 2 aliphatic rings. The number of hydrazine groups is 1. The molecule has 0 atom stereocenters. The van der Waals surface area contributed by atoms with Crippen molar-refractivity contribution in [3.05, 3.63) is 53.9 Å². The van der Waals surface area contributed by atoms with Crippen molar-refractivity contribution >= 4 is 35.3 Å². The van der Waals surface area contributed by atoms with Crippen LogP contribution in [0.3, 0.4) is 0 Å². The van der Waals surface area contributed by atoms with E-state index in [9.17, 15) is 27.6 Å². The molecular formula is C21H20F3N5O4S. The van der Waals surface area contributed by atoms with Crippen LogP contribution in [0, 0.1) is 0 Å². The van der Waals surface area contributed by atoms with Crippen LogP contribution in [0.2, 0.25) is 0 Å². The first kappa shape index (κ1) is 24.0. The molecule has 180 valence electrons. The summed E-state index contributed by atoms with van der Waals surface area (Å²) in [4.78, 5) is 44.1. The predicted molar refractivity (Wildman–Crippen MR) is 116 cm³/mol. The molecule has 3 heterocycles. The van der Waals surface area contributed by atoms with Gasteiger partial charge in [-0.15, -0.1) is 0 Å². The van der Waals surface area contributed by atoms with E-state index in [1.165, 1.54) is 35.4 Å². The van der Waals surface area contributed by atoms with Gasteiger partial charge in [-0.1, -0.05) is 0 Å². The Balaban J connectivity index is 1.41. The van der Waals surface area contributed by atoms with E-state index < -0.39 is 23.4 Å². The Bertz CT molecular complexity index is 1080. The lowest BCUT2D eigenvalue weighted by Crippen LogP contribution is -2.48. The van der Waals surface area contributed by atoms with E-state index in [1.807, 2.05) is 0 Å². The molecule has 9 nitrogen and oxygen atoms in total. The third-order valence-corrected chi connectivity index (χ3v) is 5.81. The summed E-state index contributed by atoms with van der Waals surface area (Å²) in [5.74, 6) is -0.897. The summed E-state index contributed by atoms with van der Waals surface area (Å²) in [6.45, 7) is 2.00. The monoisotopic (exact) mass is 495 g/mol. The first-order chi connectivity index (χ1) is 16.2. The largest absolute Gasteiger partial charge is 0.446 e. The van der Waals surface area contributed by atoms with Crippen molar-refractivity contribution in [2.24, 2.45) is 0 Å². The van der Waals surface area contributed by atoms with Crippen molar-refractivity contribution in [3.8, 4) is 0 Å². The average molecular weight is 495 g/mol. The first-order valence-corrected chi connectivity index (χ1v) is 11.1. The van der Waals surface area contributed by atoms with Crippen LogP contribution < -0.4 is 10.3 Å². The molecule has 1 aromatic carbocycles. The highest BCUT2D eigenvalue weighted by Gasteiger charge is 2.37. The fraction of sp³-hybridized carbons (Fsp3) is 0.333. The van der Waals surface area contributed by atoms with Crippen LogP contribution in [0.1, 0.15) is 16.1 Å². The number of alkyl halides is 3. The van der Waals surface area contributed by atoms with Gasteiger partial charge in [0.1, 0.15) is 12.2 Å². The van der Waals surface area contributed by atoms with Crippen molar-refractivity contribution in [1.29, 1.82) is 0 Å². The molecule has 4 rings (SSSR count). The van der Waals surface area contributed by atoms with Gasteiger partial charge in [-0.25, -0.2) is 14.7 Å². The molecule has 1 aromatic heterocycles. The quantitative estimate of drug-likeness (QED) is 0.486. The second kappa shape index (κ2) is 9.99. The maximum atomic E-state index is 12.8. The van der Waals surface area contributed by atoms with Crippen LogP contribution in [0.5, 0.6) is 0 Å². The minimum absolute atomic E-state index is 0.0492. The van der Waals surface area contributed by atoms with E-state index in [4.69, 9.17) is 4.74 Å². The molecule has 2 aromatic rings. The first-order valence-electron chi connectivity index (χ1n) is 10.3. The van der Waals surface area contributed by atoms with Crippen molar-refractivity contribution in [1.82, 2.24) is 20.3 Å². The Hall–Kier alpha value is -3.16. The van der Waals surface area contributed by atoms with Crippen molar-refractivity contribution in [3.63, 3.8) is 0 Å². The van der Waals surface area contributed by atoms with Crippen LogP contribution in [0.15, 0.2) is 47.5 Å². The molecule has 2 saturated heterocycles. The molecule has 0 spiro atoms. The number of nitrogens with one attached hydrogen (secondary N) is 1. The molecule has 0 bridgehead atoms. The number of halogens is 3. The van der Waals surface area contributed by atoms with E-state index in [1.54, 1.807) is 17.1 Å². The zero-order chi connectivity index (χ0) is 24.3. The average Bonchev–Trinajstić information content (AvgIpc) is 3.07. The number of carbonyl (C=O) groups excluding carboxylic acids is 3. The van der Waals surface area contributed by atoms with Crippen molar-refractivity contribution in [2.75, 3.05) is 37.7 Å². The summed E-state index contributed by atoms with van der Waals surface area (Å²) in [5, 5.41) is 1.74. The molecule has 0 saturated carbocycles. The highest BCUT2D eigenvalue weighted by Crippen LogP contribution is 2.37. The normalized spacial score (nSPS) is 17.4. The molecule has 2 fully saturated rings. The fourth-order valence-corrected chi connectivity index (χ4v) is 4.06. The summed E-state index contributed by atoms with van der Waals surface area (Å²) >= 11 is -0.276. The summed E-state index contributed by atoms with van der Waals surface area (Å²) in [6.07, 6.45) is 1.45. The van der Waals surface area contributed by atoms with Gasteiger partial charge in [-0.2, -0.15) is 13.2 Å². The number of thioether (sulfide) groups is 1. The van der Waals surface area contributed by atoms with E-state index >= 15 is 0 Å². The molecule has 0 unspecified atom stereocenters. The number of hydrogen-bond donors (Lipinski definition) is 1. The number of rotatable bonds is 6. The lowest BCUT2D eigenvalue weighted by atomic mass is 10.2. The Morgan fingerprint density at radius 2 is 1.82 bits per heavy atom. The summed E-state index contributed by atoms with van der Waals surface area (Å²) in [7, 11) is 0. The SMILES string of the molecule is O=C(NN1CCOCC1)c1cc(CN2CC(=O)N(c3ccc(SC(F)(F)F)cc3)C2=O)ccn1. The van der Waals surface area contributed by atoms with Crippen LogP contribution in [-0.4, -0.2) is 71.1 Å². The number of benzene rings is 1. The van der Waals surface area contributed by atoms with Crippen LogP contribution in [0.4, 0.5) is 23.7 Å². The number of carbonyl (C=O) groups is 3. The van der Waals surface area contributed by atoms with Gasteiger partial charge in [0, 0.05) is 30.7 Å². The standard InChI is InChI=1S/C21H20F3N5O4S/c22-21(23,24)34-16-3-1-15(2-4-16)29-18(30)13-27(20(29)32)12-14-5-6-25-17(11-14)19(31)26-28-7-9-33-10-8-28/h1-6,11H,7-10,12-13H2,(H,26,31). The van der Waals surface area contributed by atoms with Gasteiger partial charge >= 0.3 is 11.5 Å². The van der Waals surface area contributed by atoms with Gasteiger partial charge < -0.3 is 9.64 Å². The zero-order valence-corrected chi connectivity index (χ0v) is 18.6. The molecule has 2 aliphatic heterocycles. The molecular weight excluding hydrogens is 475 g/mol. The van der Waals surface area contributed by atoms with E-state index in [0.29, 0.717) is 31.9 Å². The molecule has 0 radical (unpaired) electrons. The van der Waals surface area contributed by atoms with Crippen LogP contribution in [-0.2, 0) is 16.1 Å². The van der Waals surface area contributed by atoms with E-state index in [-0.39, 0.29) is 41.1 Å². The smallest absolute Gasteiger partial charge is 0.379 e. The number of amides is 4. The van der Waals surface area contributed by atoms with E-state index in [0.717, 1.165) is 4.90 Å². The predicted octanol–water partition coefficient (Wildman–Crippen LogP) is 2.64. The minimum Gasteiger partial charge on any atom is -0.379 e. The number of pyridine rings is 1. The van der Waals surface area contributed by atoms with Crippen molar-refractivity contribution in [2.45, 2.75) is 16.9 Å². The number of urea groups is 1. The Labute approximate surface area is 196 Å². The summed E-state index contributed by atoms with van der Waals surface area (Å²) < 4.78 is 42.8. The van der Waals surface area contributed by atoms with Gasteiger partial charge in [0.15, 0.2) is 0 Å². The van der Waals surface area contributed by atoms with E-state index in [2.05, 4.69) is 10.4 Å². The Morgan fingerprint density at radius 3 is 2.50 bits per heavy atom. The Morgan fingerprint density at radius 1 is 1.12 bits per heavy atom. The molecule has 13 heteroatoms. The van der Waals surface area contributed by atoms with Gasteiger partial charge in [0.05, 0.1) is 18.9 Å². The summed E-state index contributed by atoms with van der Waals surface area (Å²) in [6, 6.07) is 7.59. The van der Waals surface area contributed by atoms with Crippen molar-refractivity contribution < 1.29 is 32.3 Å². The summed E-state index contributed by atoms with van der Waals surface area (Å²) in [5.41, 5.74) is -0.727. The van der Waals surface area contributed by atoms with Gasteiger partial charge in [-0.3, -0.25) is 20.0 Å². The lowest BCUT2D eigenvalue weighted by Gasteiger charge is -2.26. The number of morpholine rings is 1. The van der Waals surface area contributed by atoms with Crippen LogP contribution in [0.25, 0.3) is 0 Å². The fourth-order valence-electron chi connectivity index (χ4n) is 3.52. The van der Waals surface area contributed by atoms with Gasteiger partial charge in [-0.05, 0) is 53.7 Å². The molecule has 1 N–H and O–H groups in total. The van der Waals surface area contributed by atoms with Gasteiger partial charge in [0.2, 0.25) is 0 Å². The number of ether oxygens (including phenoxy) is 1. The number of imide groups is 1. The lowest BCUT2D eigenvalue weighted by molar-refractivity contribution is -0.116. The van der Waals surface area contributed by atoms with Crippen LogP contribution >= 0.6 is 11.8 Å². The maximum absolute atomic E-state index is 12.8. The zero-order valence-electron chi connectivity index (χ0n) is 17.7. The topological polar surface area (TPSA) is 95.1 Å². The maximum Gasteiger partial charge on any atom is 0.446 e. The van der Waals surface area contributed by atoms with Gasteiger partial charge in [0.25, 0.3) is 11.8 Å². The molecule has 34 heavy (non-hydrogen) atoms. The highest BCUT2D eigenvalue weighted by atomic mass is 32.2. The minimum atomic E-state index is -4.43.